The van der Waals surface area contributed by atoms with Crippen LogP contribution < -0.4 is 38.2 Å². The third-order valence-corrected chi connectivity index (χ3v) is 9.81. The van der Waals surface area contributed by atoms with Gasteiger partial charge < -0.3 is 38.2 Å². The van der Waals surface area contributed by atoms with Gasteiger partial charge in [0.1, 0.15) is 34.5 Å². The van der Waals surface area contributed by atoms with Crippen molar-refractivity contribution in [3.05, 3.63) is 144 Å². The van der Waals surface area contributed by atoms with Crippen molar-refractivity contribution in [3.63, 3.8) is 0 Å². The molecule has 0 aromatic heterocycles. The predicted octanol–water partition coefficient (Wildman–Crippen LogP) is 12.1. The lowest BCUT2D eigenvalue weighted by Crippen LogP contribution is -2.11. The molecule has 8 nitrogen and oxygen atoms in total. The van der Waals surface area contributed by atoms with Crippen LogP contribution in [-0.2, 0) is 0 Å². The number of hydrogen-bond donors (Lipinski definition) is 0. The SMILES string of the molecule is COc1ccc(N(c2ccc(OCCCCOc3ccc(N(c4ccc(OC)c(C)c4)c4ccc(OC)c(C)c4)cc3)cc2)c2ccc(OC)c(C)c2)cc1C. The Labute approximate surface area is 331 Å². The van der Waals surface area contributed by atoms with E-state index in [1.165, 1.54) is 0 Å². The average Bonchev–Trinajstić information content (AvgIpc) is 3.21. The summed E-state index contributed by atoms with van der Waals surface area (Å²) in [7, 11) is 6.78. The van der Waals surface area contributed by atoms with E-state index in [0.717, 1.165) is 104 Å². The van der Waals surface area contributed by atoms with Crippen LogP contribution in [0.5, 0.6) is 34.5 Å². The molecule has 0 radical (unpaired) electrons. The van der Waals surface area contributed by atoms with Gasteiger partial charge in [-0.05, 0) is 184 Å². The molecule has 290 valence electrons. The first-order chi connectivity index (χ1) is 27.2. The zero-order chi connectivity index (χ0) is 39.6. The number of rotatable bonds is 17. The van der Waals surface area contributed by atoms with E-state index in [0.29, 0.717) is 13.2 Å². The third kappa shape index (κ3) is 9.15. The quantitative estimate of drug-likeness (QED) is 0.0854. The Balaban J connectivity index is 1.06. The molecule has 0 atom stereocenters. The Morgan fingerprint density at radius 2 is 0.589 bits per heavy atom. The van der Waals surface area contributed by atoms with Gasteiger partial charge in [0.2, 0.25) is 0 Å². The second-order valence-electron chi connectivity index (χ2n) is 13.7. The Morgan fingerprint density at radius 1 is 0.339 bits per heavy atom. The molecule has 0 saturated carbocycles. The maximum atomic E-state index is 6.15. The molecule has 0 heterocycles. The van der Waals surface area contributed by atoms with E-state index < -0.39 is 0 Å². The fraction of sp³-hybridized carbons (Fsp3) is 0.250. The number of aryl methyl sites for hydroxylation is 4. The van der Waals surface area contributed by atoms with Gasteiger partial charge >= 0.3 is 0 Å². The summed E-state index contributed by atoms with van der Waals surface area (Å²) in [6.07, 6.45) is 1.73. The molecule has 0 aliphatic heterocycles. The lowest BCUT2D eigenvalue weighted by atomic mass is 10.1. The maximum absolute atomic E-state index is 6.15. The summed E-state index contributed by atoms with van der Waals surface area (Å²) in [6, 6.07) is 41.4. The topological polar surface area (TPSA) is 61.9 Å². The third-order valence-electron chi connectivity index (χ3n) is 9.81. The van der Waals surface area contributed by atoms with Crippen LogP contribution in [0.1, 0.15) is 35.1 Å². The van der Waals surface area contributed by atoms with Crippen LogP contribution in [0.2, 0.25) is 0 Å². The number of anilines is 6. The van der Waals surface area contributed by atoms with Crippen LogP contribution in [0.3, 0.4) is 0 Å². The smallest absolute Gasteiger partial charge is 0.121 e. The molecule has 0 bridgehead atoms. The largest absolute Gasteiger partial charge is 0.496 e. The van der Waals surface area contributed by atoms with Crippen molar-refractivity contribution in [1.29, 1.82) is 0 Å². The molecule has 0 amide bonds. The minimum absolute atomic E-state index is 0.595. The standard InChI is InChI=1S/C48H52N2O6/c1-33-29-39(15-23-45(33)51-5)49(40-16-24-46(52-6)34(2)30-40)37-11-19-43(20-12-37)55-27-9-10-28-56-44-21-13-38(14-22-44)50(41-17-25-47(53-7)35(3)31-41)42-18-26-48(54-8)36(4)32-42/h11-26,29-32H,9-10,27-28H2,1-8H3. The maximum Gasteiger partial charge on any atom is 0.121 e. The van der Waals surface area contributed by atoms with Gasteiger partial charge in [-0.3, -0.25) is 0 Å². The van der Waals surface area contributed by atoms with E-state index in [9.17, 15) is 0 Å². The van der Waals surface area contributed by atoms with Crippen molar-refractivity contribution in [2.75, 3.05) is 51.5 Å². The highest BCUT2D eigenvalue weighted by Gasteiger charge is 2.17. The first-order valence-corrected chi connectivity index (χ1v) is 18.9. The molecule has 6 aromatic rings. The fourth-order valence-corrected chi connectivity index (χ4v) is 6.87. The summed E-state index contributed by atoms with van der Waals surface area (Å²) < 4.78 is 34.4. The molecule has 0 unspecified atom stereocenters. The molecule has 6 aromatic carbocycles. The molecule has 0 spiro atoms. The molecule has 0 aliphatic carbocycles. The van der Waals surface area contributed by atoms with E-state index >= 15 is 0 Å². The first kappa shape index (κ1) is 39.4. The van der Waals surface area contributed by atoms with Crippen molar-refractivity contribution < 1.29 is 28.4 Å². The highest BCUT2D eigenvalue weighted by atomic mass is 16.5. The van der Waals surface area contributed by atoms with E-state index in [1.54, 1.807) is 28.4 Å². The molecular formula is C48H52N2O6. The summed E-state index contributed by atoms with van der Waals surface area (Å²) in [4.78, 5) is 4.45. The Morgan fingerprint density at radius 3 is 0.821 bits per heavy atom. The molecule has 0 fully saturated rings. The van der Waals surface area contributed by atoms with Crippen molar-refractivity contribution >= 4 is 34.1 Å². The van der Waals surface area contributed by atoms with Crippen molar-refractivity contribution in [1.82, 2.24) is 0 Å². The van der Waals surface area contributed by atoms with E-state index in [1.807, 2.05) is 48.5 Å². The zero-order valence-electron chi connectivity index (χ0n) is 33.7. The zero-order valence-corrected chi connectivity index (χ0v) is 33.7. The van der Waals surface area contributed by atoms with Crippen LogP contribution in [-0.4, -0.2) is 41.7 Å². The first-order valence-electron chi connectivity index (χ1n) is 18.9. The number of ether oxygens (including phenoxy) is 6. The van der Waals surface area contributed by atoms with E-state index in [-0.39, 0.29) is 0 Å². The van der Waals surface area contributed by atoms with Crippen LogP contribution >= 0.6 is 0 Å². The van der Waals surface area contributed by atoms with Crippen LogP contribution in [0, 0.1) is 27.7 Å². The molecule has 0 saturated heterocycles. The van der Waals surface area contributed by atoms with Gasteiger partial charge in [0.25, 0.3) is 0 Å². The Hall–Kier alpha value is -6.28. The Bertz CT molecular complexity index is 1950. The predicted molar refractivity (Wildman–Crippen MR) is 228 cm³/mol. The highest BCUT2D eigenvalue weighted by molar-refractivity contribution is 5.79. The van der Waals surface area contributed by atoms with Crippen LogP contribution in [0.4, 0.5) is 34.1 Å². The summed E-state index contributed by atoms with van der Waals surface area (Å²) in [6.45, 7) is 9.42. The molecular weight excluding hydrogens is 701 g/mol. The summed E-state index contributed by atoms with van der Waals surface area (Å²) >= 11 is 0. The number of benzene rings is 6. The van der Waals surface area contributed by atoms with Crippen molar-refractivity contribution in [3.8, 4) is 34.5 Å². The number of unbranched alkanes of at least 4 members (excludes halogenated alkanes) is 1. The molecule has 0 aliphatic rings. The van der Waals surface area contributed by atoms with Gasteiger partial charge in [0.15, 0.2) is 0 Å². The van der Waals surface area contributed by atoms with Crippen molar-refractivity contribution in [2.24, 2.45) is 0 Å². The van der Waals surface area contributed by atoms with Gasteiger partial charge in [-0.25, -0.2) is 0 Å². The minimum Gasteiger partial charge on any atom is -0.496 e. The summed E-state index contributed by atoms with van der Waals surface area (Å²) in [5.41, 5.74) is 10.4. The van der Waals surface area contributed by atoms with Crippen molar-refractivity contribution in [2.45, 2.75) is 40.5 Å². The second kappa shape index (κ2) is 18.4. The van der Waals surface area contributed by atoms with Gasteiger partial charge in [0, 0.05) is 34.1 Å². The van der Waals surface area contributed by atoms with E-state index in [4.69, 9.17) is 28.4 Å². The fourth-order valence-electron chi connectivity index (χ4n) is 6.87. The minimum atomic E-state index is 0.595. The molecule has 0 N–H and O–H groups in total. The normalized spacial score (nSPS) is 10.8. The lowest BCUT2D eigenvalue weighted by molar-refractivity contribution is 0.266. The van der Waals surface area contributed by atoms with Gasteiger partial charge in [-0.15, -0.1) is 0 Å². The number of methoxy groups -OCH3 is 4. The van der Waals surface area contributed by atoms with Gasteiger partial charge in [0.05, 0.1) is 41.7 Å². The number of hydrogen-bond acceptors (Lipinski definition) is 8. The summed E-state index contributed by atoms with van der Waals surface area (Å²) in [5.74, 6) is 5.07. The second-order valence-corrected chi connectivity index (χ2v) is 13.7. The van der Waals surface area contributed by atoms with Gasteiger partial charge in [-0.2, -0.15) is 0 Å². The number of nitrogens with zero attached hydrogens (tertiary/aromatic N) is 2. The summed E-state index contributed by atoms with van der Waals surface area (Å²) in [5, 5.41) is 0. The average molecular weight is 753 g/mol. The molecule has 56 heavy (non-hydrogen) atoms. The van der Waals surface area contributed by atoms with Crippen LogP contribution in [0.25, 0.3) is 0 Å². The molecule has 8 heteroatoms. The lowest BCUT2D eigenvalue weighted by Gasteiger charge is -2.27. The highest BCUT2D eigenvalue weighted by Crippen LogP contribution is 2.40. The van der Waals surface area contributed by atoms with E-state index in [2.05, 4.69) is 110 Å². The molecule has 6 rings (SSSR count). The Kier molecular flexibility index (Phi) is 12.9. The monoisotopic (exact) mass is 752 g/mol. The van der Waals surface area contributed by atoms with Gasteiger partial charge in [-0.1, -0.05) is 0 Å². The van der Waals surface area contributed by atoms with Crippen LogP contribution in [0.15, 0.2) is 121 Å².